The molecule has 0 saturated carbocycles. The van der Waals surface area contributed by atoms with Crippen LogP contribution in [0.3, 0.4) is 0 Å². The quantitative estimate of drug-likeness (QED) is 0.379. The van der Waals surface area contributed by atoms with E-state index in [0.29, 0.717) is 19.5 Å². The monoisotopic (exact) mass is 446 g/mol. The van der Waals surface area contributed by atoms with Gasteiger partial charge in [-0.2, -0.15) is 0 Å². The zero-order valence-electron chi connectivity index (χ0n) is 19.2. The topological polar surface area (TPSA) is 40.6 Å². The minimum absolute atomic E-state index is 0.00854. The van der Waals surface area contributed by atoms with Gasteiger partial charge < -0.3 is 9.80 Å². The van der Waals surface area contributed by atoms with Gasteiger partial charge in [0.1, 0.15) is 12.4 Å². The Labute approximate surface area is 190 Å². The predicted octanol–water partition coefficient (Wildman–Crippen LogP) is 5.93. The molecule has 1 aromatic carbocycles. The van der Waals surface area contributed by atoms with E-state index in [4.69, 9.17) is 0 Å². The summed E-state index contributed by atoms with van der Waals surface area (Å²) >= 11 is 1.62. The Hall–Kier alpha value is -2.21. The lowest BCUT2D eigenvalue weighted by atomic mass is 10.1. The van der Waals surface area contributed by atoms with Crippen LogP contribution in [0.5, 0.6) is 0 Å². The number of carbonyl (C=O) groups excluding carboxylic acids is 2. The molecule has 6 heteroatoms. The molecule has 1 aromatic heterocycles. The summed E-state index contributed by atoms with van der Waals surface area (Å²) in [4.78, 5) is 30.9. The highest BCUT2D eigenvalue weighted by atomic mass is 32.1. The van der Waals surface area contributed by atoms with E-state index in [2.05, 4.69) is 6.92 Å². The van der Waals surface area contributed by atoms with Crippen LogP contribution >= 0.6 is 11.3 Å². The molecule has 2 rings (SSSR count). The number of thiophene rings is 1. The molecule has 1 atom stereocenters. The average molecular weight is 447 g/mol. The Morgan fingerprint density at radius 2 is 1.74 bits per heavy atom. The third-order valence-corrected chi connectivity index (χ3v) is 6.69. The molecule has 1 heterocycles. The van der Waals surface area contributed by atoms with Crippen LogP contribution < -0.4 is 0 Å². The first-order valence-corrected chi connectivity index (χ1v) is 12.1. The molecule has 0 saturated heterocycles. The molecule has 0 spiro atoms. The summed E-state index contributed by atoms with van der Waals surface area (Å²) in [6.07, 6.45) is 4.20. The van der Waals surface area contributed by atoms with E-state index in [0.717, 1.165) is 41.7 Å². The second-order valence-corrected chi connectivity index (χ2v) is 9.14. The van der Waals surface area contributed by atoms with Crippen molar-refractivity contribution in [2.45, 2.75) is 78.9 Å². The van der Waals surface area contributed by atoms with E-state index in [-0.39, 0.29) is 30.2 Å². The van der Waals surface area contributed by atoms with Crippen LogP contribution in [0.2, 0.25) is 0 Å². The van der Waals surface area contributed by atoms with Gasteiger partial charge in [-0.15, -0.1) is 11.3 Å². The summed E-state index contributed by atoms with van der Waals surface area (Å²) in [5, 5.41) is 2.02. The SMILES string of the molecule is CCCCCC(=O)N(CC(=O)N(Cc1ccc(F)cc1)Cc1sccc1C)C(C)CC. The summed E-state index contributed by atoms with van der Waals surface area (Å²) in [6.45, 7) is 9.12. The molecular formula is C25H35FN2O2S. The number of aryl methyl sites for hydroxylation is 1. The molecule has 0 radical (unpaired) electrons. The summed E-state index contributed by atoms with van der Waals surface area (Å²) in [7, 11) is 0. The first-order chi connectivity index (χ1) is 14.8. The maximum Gasteiger partial charge on any atom is 0.242 e. The highest BCUT2D eigenvalue weighted by Crippen LogP contribution is 2.20. The Kier molecular flexibility index (Phi) is 10.2. The van der Waals surface area contributed by atoms with Gasteiger partial charge in [0.2, 0.25) is 11.8 Å². The third kappa shape index (κ3) is 7.76. The lowest BCUT2D eigenvalue weighted by Gasteiger charge is -2.31. The summed E-state index contributed by atoms with van der Waals surface area (Å²) in [5.41, 5.74) is 2.02. The van der Waals surface area contributed by atoms with Crippen LogP contribution in [0.25, 0.3) is 0 Å². The standard InChI is InChI=1S/C25H35FN2O2S/c1-5-7-8-9-24(29)28(20(4)6-2)18-25(30)27(17-23-19(3)14-15-31-23)16-21-10-12-22(26)13-11-21/h10-15,20H,5-9,16-18H2,1-4H3. The number of carbonyl (C=O) groups is 2. The molecule has 0 N–H and O–H groups in total. The van der Waals surface area contributed by atoms with Gasteiger partial charge in [0.25, 0.3) is 0 Å². The Morgan fingerprint density at radius 1 is 1.03 bits per heavy atom. The summed E-state index contributed by atoms with van der Waals surface area (Å²) < 4.78 is 13.3. The van der Waals surface area contributed by atoms with E-state index < -0.39 is 0 Å². The lowest BCUT2D eigenvalue weighted by molar-refractivity contribution is -0.143. The molecule has 31 heavy (non-hydrogen) atoms. The van der Waals surface area contributed by atoms with E-state index in [1.165, 1.54) is 12.1 Å². The minimum atomic E-state index is -0.295. The van der Waals surface area contributed by atoms with Gasteiger partial charge in [-0.3, -0.25) is 9.59 Å². The minimum Gasteiger partial charge on any atom is -0.332 e. The second kappa shape index (κ2) is 12.6. The summed E-state index contributed by atoms with van der Waals surface area (Å²) in [5.74, 6) is -0.331. The van der Waals surface area contributed by atoms with Gasteiger partial charge in [0.05, 0.1) is 6.54 Å². The van der Waals surface area contributed by atoms with Gasteiger partial charge in [0.15, 0.2) is 0 Å². The normalized spacial score (nSPS) is 11.9. The fraction of sp³-hybridized carbons (Fsp3) is 0.520. The molecule has 2 aromatic rings. The van der Waals surface area contributed by atoms with Crippen molar-refractivity contribution < 1.29 is 14.0 Å². The predicted molar refractivity (Wildman–Crippen MR) is 125 cm³/mol. The molecule has 1 unspecified atom stereocenters. The van der Waals surface area contributed by atoms with E-state index in [9.17, 15) is 14.0 Å². The molecule has 4 nitrogen and oxygen atoms in total. The van der Waals surface area contributed by atoms with Gasteiger partial charge in [-0.05, 0) is 61.4 Å². The van der Waals surface area contributed by atoms with Crippen molar-refractivity contribution in [1.82, 2.24) is 9.80 Å². The van der Waals surface area contributed by atoms with Crippen LogP contribution in [0.1, 0.15) is 68.9 Å². The number of benzene rings is 1. The van der Waals surface area contributed by atoms with Crippen LogP contribution in [0.4, 0.5) is 4.39 Å². The van der Waals surface area contributed by atoms with E-state index in [1.54, 1.807) is 33.3 Å². The molecule has 0 bridgehead atoms. The smallest absolute Gasteiger partial charge is 0.242 e. The Balaban J connectivity index is 2.18. The number of halogens is 1. The Bertz CT molecular complexity index is 834. The zero-order chi connectivity index (χ0) is 22.8. The maximum atomic E-state index is 13.4. The van der Waals surface area contributed by atoms with Crippen molar-refractivity contribution in [1.29, 1.82) is 0 Å². The molecule has 0 fully saturated rings. The van der Waals surface area contributed by atoms with Crippen molar-refractivity contribution >= 4 is 23.2 Å². The van der Waals surface area contributed by atoms with Gasteiger partial charge in [0, 0.05) is 23.9 Å². The second-order valence-electron chi connectivity index (χ2n) is 8.14. The zero-order valence-corrected chi connectivity index (χ0v) is 20.0. The number of hydrogen-bond donors (Lipinski definition) is 0. The molecular weight excluding hydrogens is 411 g/mol. The van der Waals surface area contributed by atoms with Gasteiger partial charge in [-0.25, -0.2) is 4.39 Å². The van der Waals surface area contributed by atoms with Crippen LogP contribution in [-0.4, -0.2) is 34.2 Å². The number of hydrogen-bond acceptors (Lipinski definition) is 3. The molecule has 0 aliphatic carbocycles. The fourth-order valence-electron chi connectivity index (χ4n) is 3.41. The third-order valence-electron chi connectivity index (χ3n) is 5.69. The van der Waals surface area contributed by atoms with Crippen molar-refractivity contribution in [3.05, 3.63) is 57.5 Å². The fourth-order valence-corrected chi connectivity index (χ4v) is 4.33. The number of unbranched alkanes of at least 4 members (excludes halogenated alkanes) is 2. The van der Waals surface area contributed by atoms with Gasteiger partial charge in [-0.1, -0.05) is 38.8 Å². The van der Waals surface area contributed by atoms with Crippen molar-refractivity contribution in [3.63, 3.8) is 0 Å². The first-order valence-electron chi connectivity index (χ1n) is 11.2. The first kappa shape index (κ1) is 25.1. The number of nitrogens with zero attached hydrogens (tertiary/aromatic N) is 2. The van der Waals surface area contributed by atoms with Gasteiger partial charge >= 0.3 is 0 Å². The lowest BCUT2D eigenvalue weighted by Crippen LogP contribution is -2.46. The number of rotatable bonds is 12. The molecule has 2 amide bonds. The average Bonchev–Trinajstić information content (AvgIpc) is 3.16. The van der Waals surface area contributed by atoms with Crippen molar-refractivity contribution in [2.24, 2.45) is 0 Å². The van der Waals surface area contributed by atoms with Crippen LogP contribution in [-0.2, 0) is 22.7 Å². The van der Waals surface area contributed by atoms with Crippen molar-refractivity contribution in [3.8, 4) is 0 Å². The Morgan fingerprint density at radius 3 is 2.32 bits per heavy atom. The summed E-state index contributed by atoms with van der Waals surface area (Å²) in [6, 6.07) is 8.30. The maximum absolute atomic E-state index is 13.4. The number of amides is 2. The van der Waals surface area contributed by atoms with Crippen LogP contribution in [0, 0.1) is 12.7 Å². The molecule has 0 aliphatic rings. The van der Waals surface area contributed by atoms with E-state index in [1.807, 2.05) is 32.2 Å². The largest absolute Gasteiger partial charge is 0.332 e. The molecule has 170 valence electrons. The van der Waals surface area contributed by atoms with Crippen LogP contribution in [0.15, 0.2) is 35.7 Å². The highest BCUT2D eigenvalue weighted by molar-refractivity contribution is 7.10. The highest BCUT2D eigenvalue weighted by Gasteiger charge is 2.25. The molecule has 0 aliphatic heterocycles. The van der Waals surface area contributed by atoms with E-state index >= 15 is 0 Å². The van der Waals surface area contributed by atoms with Crippen molar-refractivity contribution in [2.75, 3.05) is 6.54 Å².